The van der Waals surface area contributed by atoms with E-state index >= 15 is 0 Å². The minimum Gasteiger partial charge on any atom is -0.340 e. The average molecular weight is 530 g/mol. The highest BCUT2D eigenvalue weighted by Gasteiger charge is 2.37. The van der Waals surface area contributed by atoms with Crippen molar-refractivity contribution in [3.63, 3.8) is 0 Å². The first-order valence-corrected chi connectivity index (χ1v) is 14.9. The lowest BCUT2D eigenvalue weighted by molar-refractivity contribution is -0.138. The predicted octanol–water partition coefficient (Wildman–Crippen LogP) is 5.65. The van der Waals surface area contributed by atoms with E-state index in [0.717, 1.165) is 31.4 Å². The maximum absolute atomic E-state index is 13.9. The molecular formula is C32H39N3O2S. The van der Waals surface area contributed by atoms with Crippen LogP contribution >= 0.6 is 11.3 Å². The summed E-state index contributed by atoms with van der Waals surface area (Å²) in [5, 5.41) is 2.19. The van der Waals surface area contributed by atoms with Crippen LogP contribution in [0, 0.1) is 6.92 Å². The Bertz CT molecular complexity index is 1260. The van der Waals surface area contributed by atoms with Gasteiger partial charge in [0.15, 0.2) is 0 Å². The summed E-state index contributed by atoms with van der Waals surface area (Å²) in [7, 11) is 0. The molecule has 3 aromatic rings. The summed E-state index contributed by atoms with van der Waals surface area (Å²) in [6.07, 6.45) is 2.57. The fourth-order valence-corrected chi connectivity index (χ4v) is 7.12. The summed E-state index contributed by atoms with van der Waals surface area (Å²) < 4.78 is 0. The van der Waals surface area contributed by atoms with Crippen molar-refractivity contribution in [2.75, 3.05) is 32.7 Å². The number of hydrogen-bond acceptors (Lipinski definition) is 4. The Morgan fingerprint density at radius 2 is 1.55 bits per heavy atom. The van der Waals surface area contributed by atoms with Crippen LogP contribution in [0.15, 0.2) is 66.0 Å². The lowest BCUT2D eigenvalue weighted by Gasteiger charge is -2.41. The molecule has 1 saturated heterocycles. The Hall–Kier alpha value is -2.96. The Kier molecular flexibility index (Phi) is 8.29. The second-order valence-electron chi connectivity index (χ2n) is 10.6. The highest BCUT2D eigenvalue weighted by molar-refractivity contribution is 7.10. The first-order chi connectivity index (χ1) is 18.5. The number of hydrogen-bond donors (Lipinski definition) is 0. The molecule has 5 rings (SSSR count). The number of carbonyl (C=O) groups excluding carboxylic acids is 2. The number of thiophene rings is 1. The van der Waals surface area contributed by atoms with E-state index in [9.17, 15) is 9.59 Å². The molecule has 0 saturated carbocycles. The fourth-order valence-electron chi connectivity index (χ4n) is 6.22. The first-order valence-electron chi connectivity index (χ1n) is 14.0. The van der Waals surface area contributed by atoms with Gasteiger partial charge in [-0.25, -0.2) is 0 Å². The Morgan fingerprint density at radius 1 is 0.868 bits per heavy atom. The molecule has 1 aromatic heterocycles. The summed E-state index contributed by atoms with van der Waals surface area (Å²) in [6, 6.07) is 20.7. The van der Waals surface area contributed by atoms with Crippen LogP contribution in [0.2, 0.25) is 0 Å². The van der Waals surface area contributed by atoms with E-state index in [2.05, 4.69) is 61.4 Å². The molecule has 2 aromatic carbocycles. The molecule has 0 spiro atoms. The zero-order chi connectivity index (χ0) is 26.6. The third-order valence-corrected chi connectivity index (χ3v) is 9.37. The molecular weight excluding hydrogens is 490 g/mol. The number of aryl methyl sites for hydroxylation is 1. The van der Waals surface area contributed by atoms with Gasteiger partial charge in [-0.3, -0.25) is 14.5 Å². The monoisotopic (exact) mass is 529 g/mol. The first kappa shape index (κ1) is 26.6. The molecule has 5 nitrogen and oxygen atoms in total. The SMILES string of the molecule is CC[C@H](C(=O)N1CCCN(C(=O)[C@@H](C)N2CCc3sccc3[C@@H]2c2ccccc2C)CC1)c1ccccc1. The molecule has 1 fully saturated rings. The standard InChI is InChI=1S/C32H39N3O2S/c1-4-26(25-12-6-5-7-13-25)32(37)34-18-10-17-33(20-21-34)31(36)24(3)35-19-15-29-28(16-22-38-29)30(35)27-14-9-8-11-23(27)2/h5-9,11-14,16,22,24,26,30H,4,10,15,17-21H2,1-3H3/t24-,26+,30+/m1/s1. The van der Waals surface area contributed by atoms with Gasteiger partial charge in [0.25, 0.3) is 0 Å². The molecule has 0 unspecified atom stereocenters. The summed E-state index contributed by atoms with van der Waals surface area (Å²) in [5.74, 6) is 0.230. The van der Waals surface area contributed by atoms with Crippen molar-refractivity contribution in [1.29, 1.82) is 0 Å². The molecule has 2 aliphatic heterocycles. The molecule has 6 heteroatoms. The van der Waals surface area contributed by atoms with Crippen LogP contribution in [0.3, 0.4) is 0 Å². The Morgan fingerprint density at radius 3 is 2.26 bits per heavy atom. The van der Waals surface area contributed by atoms with Crippen LogP contribution in [0.4, 0.5) is 0 Å². The van der Waals surface area contributed by atoms with Crippen molar-refractivity contribution < 1.29 is 9.59 Å². The smallest absolute Gasteiger partial charge is 0.239 e. The molecule has 3 heterocycles. The number of amides is 2. The zero-order valence-corrected chi connectivity index (χ0v) is 23.6. The van der Waals surface area contributed by atoms with Crippen LogP contribution in [0.1, 0.15) is 65.8 Å². The number of nitrogens with zero attached hydrogens (tertiary/aromatic N) is 3. The van der Waals surface area contributed by atoms with Gasteiger partial charge >= 0.3 is 0 Å². The van der Waals surface area contributed by atoms with Crippen LogP contribution < -0.4 is 0 Å². The van der Waals surface area contributed by atoms with E-state index < -0.39 is 0 Å². The molecule has 0 bridgehead atoms. The van der Waals surface area contributed by atoms with Crippen LogP contribution in [0.5, 0.6) is 0 Å². The fraction of sp³-hybridized carbons (Fsp3) is 0.438. The highest BCUT2D eigenvalue weighted by atomic mass is 32.1. The largest absolute Gasteiger partial charge is 0.340 e. The summed E-state index contributed by atoms with van der Waals surface area (Å²) in [5.41, 5.74) is 4.96. The average Bonchev–Trinajstić information content (AvgIpc) is 3.29. The lowest BCUT2D eigenvalue weighted by Crippen LogP contribution is -2.51. The molecule has 2 amide bonds. The van der Waals surface area contributed by atoms with Gasteiger partial charge < -0.3 is 9.80 Å². The third-order valence-electron chi connectivity index (χ3n) is 8.37. The van der Waals surface area contributed by atoms with Gasteiger partial charge in [0.1, 0.15) is 0 Å². The van der Waals surface area contributed by atoms with Crippen molar-refractivity contribution in [3.05, 3.63) is 93.2 Å². The van der Waals surface area contributed by atoms with Gasteiger partial charge in [-0.1, -0.05) is 61.5 Å². The predicted molar refractivity (Wildman–Crippen MR) is 154 cm³/mol. The molecule has 3 atom stereocenters. The Balaban J connectivity index is 1.31. The second-order valence-corrected chi connectivity index (χ2v) is 11.6. The minimum absolute atomic E-state index is 0.0892. The topological polar surface area (TPSA) is 43.9 Å². The van der Waals surface area contributed by atoms with Gasteiger partial charge in [-0.2, -0.15) is 0 Å². The molecule has 2 aliphatic rings. The maximum atomic E-state index is 13.9. The third kappa shape index (κ3) is 5.29. The second kappa shape index (κ2) is 11.8. The number of fused-ring (bicyclic) bond motifs is 1. The summed E-state index contributed by atoms with van der Waals surface area (Å²) in [4.78, 5) is 35.2. The number of carbonyl (C=O) groups is 2. The molecule has 0 N–H and O–H groups in total. The molecule has 0 aliphatic carbocycles. The molecule has 200 valence electrons. The number of rotatable bonds is 6. The molecule has 38 heavy (non-hydrogen) atoms. The summed E-state index contributed by atoms with van der Waals surface area (Å²) in [6.45, 7) is 9.76. The lowest BCUT2D eigenvalue weighted by atomic mass is 9.89. The normalized spacial score (nSPS) is 19.9. The van der Waals surface area contributed by atoms with Crippen LogP contribution in [0.25, 0.3) is 0 Å². The minimum atomic E-state index is -0.234. The quantitative estimate of drug-likeness (QED) is 0.415. The Labute approximate surface area is 231 Å². The van der Waals surface area contributed by atoms with Gasteiger partial charge in [0, 0.05) is 37.6 Å². The van der Waals surface area contributed by atoms with E-state index in [0.29, 0.717) is 26.2 Å². The van der Waals surface area contributed by atoms with Crippen molar-refractivity contribution in [3.8, 4) is 0 Å². The van der Waals surface area contributed by atoms with E-state index in [1.807, 2.05) is 51.5 Å². The van der Waals surface area contributed by atoms with Gasteiger partial charge in [-0.05, 0) is 66.8 Å². The maximum Gasteiger partial charge on any atom is 0.239 e. The van der Waals surface area contributed by atoms with E-state index in [1.165, 1.54) is 21.6 Å². The van der Waals surface area contributed by atoms with Gasteiger partial charge in [0.2, 0.25) is 11.8 Å². The van der Waals surface area contributed by atoms with Crippen LogP contribution in [-0.2, 0) is 16.0 Å². The van der Waals surface area contributed by atoms with E-state index in [-0.39, 0.29) is 29.8 Å². The van der Waals surface area contributed by atoms with Crippen LogP contribution in [-0.4, -0.2) is 65.3 Å². The van der Waals surface area contributed by atoms with E-state index in [4.69, 9.17) is 0 Å². The van der Waals surface area contributed by atoms with Gasteiger partial charge in [-0.15, -0.1) is 11.3 Å². The highest BCUT2D eigenvalue weighted by Crippen LogP contribution is 2.40. The van der Waals surface area contributed by atoms with E-state index in [1.54, 1.807) is 0 Å². The van der Waals surface area contributed by atoms with Crippen molar-refractivity contribution in [2.24, 2.45) is 0 Å². The van der Waals surface area contributed by atoms with Crippen molar-refractivity contribution >= 4 is 23.2 Å². The zero-order valence-electron chi connectivity index (χ0n) is 22.8. The molecule has 0 radical (unpaired) electrons. The van der Waals surface area contributed by atoms with Gasteiger partial charge in [0.05, 0.1) is 18.0 Å². The summed E-state index contributed by atoms with van der Waals surface area (Å²) >= 11 is 1.83. The number of benzene rings is 2. The van der Waals surface area contributed by atoms with Crippen molar-refractivity contribution in [1.82, 2.24) is 14.7 Å². The van der Waals surface area contributed by atoms with Crippen molar-refractivity contribution in [2.45, 2.75) is 58.0 Å².